The summed E-state index contributed by atoms with van der Waals surface area (Å²) in [7, 11) is -2.06. The molecule has 0 aliphatic heterocycles. The van der Waals surface area contributed by atoms with Crippen LogP contribution in [0.4, 0.5) is 0 Å². The molecule has 0 unspecified atom stereocenters. The largest absolute Gasteiger partial charge is 0.497 e. The van der Waals surface area contributed by atoms with E-state index in [1.807, 2.05) is 0 Å². The van der Waals surface area contributed by atoms with E-state index < -0.39 is 10.0 Å². The molecule has 2 heterocycles. The van der Waals surface area contributed by atoms with E-state index in [2.05, 4.69) is 14.8 Å². The van der Waals surface area contributed by atoms with Crippen molar-refractivity contribution in [1.82, 2.24) is 19.5 Å². The minimum absolute atomic E-state index is 0.154. The number of aromatic nitrogens is 3. The second-order valence-electron chi connectivity index (χ2n) is 4.98. The van der Waals surface area contributed by atoms with Gasteiger partial charge in [0.05, 0.1) is 12.0 Å². The Morgan fingerprint density at radius 1 is 1.17 bits per heavy atom. The van der Waals surface area contributed by atoms with Crippen molar-refractivity contribution in [1.29, 1.82) is 0 Å². The number of methoxy groups -OCH3 is 1. The van der Waals surface area contributed by atoms with E-state index in [0.29, 0.717) is 11.6 Å². The van der Waals surface area contributed by atoms with Crippen molar-refractivity contribution in [2.45, 2.75) is 11.4 Å². The third-order valence-corrected chi connectivity index (χ3v) is 4.80. The van der Waals surface area contributed by atoms with Crippen LogP contribution in [-0.4, -0.2) is 30.3 Å². The van der Waals surface area contributed by atoms with Gasteiger partial charge in [0.1, 0.15) is 5.75 Å². The van der Waals surface area contributed by atoms with Crippen LogP contribution in [0.1, 0.15) is 5.56 Å². The van der Waals surface area contributed by atoms with Gasteiger partial charge in [0.25, 0.3) is 0 Å². The van der Waals surface area contributed by atoms with E-state index in [1.165, 1.54) is 19.2 Å². The van der Waals surface area contributed by atoms with E-state index in [4.69, 9.17) is 4.74 Å². The van der Waals surface area contributed by atoms with Gasteiger partial charge < -0.3 is 4.74 Å². The summed E-state index contributed by atoms with van der Waals surface area (Å²) < 4.78 is 33.7. The fraction of sp³-hybridized carbons (Fsp3) is 0.125. The number of hydrogen-bond acceptors (Lipinski definition) is 5. The number of nitrogens with zero attached hydrogens (tertiary/aromatic N) is 3. The number of pyridine rings is 1. The van der Waals surface area contributed by atoms with Crippen LogP contribution in [0.2, 0.25) is 0 Å². The van der Waals surface area contributed by atoms with Crippen LogP contribution in [0.3, 0.4) is 0 Å². The van der Waals surface area contributed by atoms with Gasteiger partial charge in [-0.15, -0.1) is 0 Å². The summed E-state index contributed by atoms with van der Waals surface area (Å²) in [6.45, 7) is 0.154. The van der Waals surface area contributed by atoms with Gasteiger partial charge in [-0.3, -0.25) is 0 Å². The highest BCUT2D eigenvalue weighted by Gasteiger charge is 2.13. The average molecular weight is 344 g/mol. The molecule has 24 heavy (non-hydrogen) atoms. The molecule has 0 atom stereocenters. The van der Waals surface area contributed by atoms with Crippen molar-refractivity contribution in [3.8, 4) is 11.6 Å². The summed E-state index contributed by atoms with van der Waals surface area (Å²) >= 11 is 0. The standard InChI is InChI=1S/C16H16N4O3S/c1-23-14-4-6-15(7-5-14)24(21,22)19-12-13-3-8-16(17-11-13)20-10-2-9-18-20/h2-11,19H,12H2,1H3. The van der Waals surface area contributed by atoms with Crippen molar-refractivity contribution < 1.29 is 13.2 Å². The molecule has 2 aromatic heterocycles. The molecule has 3 rings (SSSR count). The van der Waals surface area contributed by atoms with Crippen LogP contribution in [0.15, 0.2) is 66.0 Å². The lowest BCUT2D eigenvalue weighted by atomic mass is 10.3. The normalized spacial score (nSPS) is 11.4. The molecule has 3 aromatic rings. The summed E-state index contributed by atoms with van der Waals surface area (Å²) in [5, 5.41) is 4.09. The lowest BCUT2D eigenvalue weighted by molar-refractivity contribution is 0.414. The molecular formula is C16H16N4O3S. The van der Waals surface area contributed by atoms with Crippen molar-refractivity contribution >= 4 is 10.0 Å². The maximum atomic E-state index is 12.3. The number of nitrogens with one attached hydrogen (secondary N) is 1. The molecule has 0 amide bonds. The average Bonchev–Trinajstić information content (AvgIpc) is 3.15. The van der Waals surface area contributed by atoms with Crippen molar-refractivity contribution in [2.24, 2.45) is 0 Å². The number of rotatable bonds is 6. The predicted octanol–water partition coefficient (Wildman–Crippen LogP) is 1.75. The Labute approximate surface area is 140 Å². The first-order chi connectivity index (χ1) is 11.6. The molecule has 0 fully saturated rings. The molecule has 0 saturated heterocycles. The maximum absolute atomic E-state index is 12.3. The summed E-state index contributed by atoms with van der Waals surface area (Å²) in [5.74, 6) is 1.27. The Bertz CT molecular complexity index is 890. The van der Waals surface area contributed by atoms with Gasteiger partial charge in [0, 0.05) is 25.1 Å². The summed E-state index contributed by atoms with van der Waals surface area (Å²) in [4.78, 5) is 4.45. The van der Waals surface area contributed by atoms with Gasteiger partial charge in [-0.2, -0.15) is 5.10 Å². The molecule has 124 valence electrons. The van der Waals surface area contributed by atoms with Crippen LogP contribution in [0, 0.1) is 0 Å². The van der Waals surface area contributed by atoms with Crippen LogP contribution in [0.5, 0.6) is 5.75 Å². The quantitative estimate of drug-likeness (QED) is 0.736. The molecule has 0 radical (unpaired) electrons. The van der Waals surface area contributed by atoms with E-state index in [9.17, 15) is 8.42 Å². The van der Waals surface area contributed by atoms with E-state index in [0.717, 1.165) is 5.56 Å². The number of benzene rings is 1. The fourth-order valence-electron chi connectivity index (χ4n) is 2.08. The van der Waals surface area contributed by atoms with Crippen molar-refractivity contribution in [3.63, 3.8) is 0 Å². The zero-order valence-electron chi connectivity index (χ0n) is 13.0. The first kappa shape index (κ1) is 16.2. The SMILES string of the molecule is COc1ccc(S(=O)(=O)NCc2ccc(-n3cccn3)nc2)cc1. The summed E-state index contributed by atoms with van der Waals surface area (Å²) in [5.41, 5.74) is 0.753. The topological polar surface area (TPSA) is 86.1 Å². The van der Waals surface area contributed by atoms with Gasteiger partial charge in [-0.1, -0.05) is 6.07 Å². The van der Waals surface area contributed by atoms with E-state index >= 15 is 0 Å². The molecule has 8 heteroatoms. The molecular weight excluding hydrogens is 328 g/mol. The van der Waals surface area contributed by atoms with E-state index in [-0.39, 0.29) is 11.4 Å². The highest BCUT2D eigenvalue weighted by atomic mass is 32.2. The second kappa shape index (κ2) is 6.81. The zero-order valence-corrected chi connectivity index (χ0v) is 13.8. The van der Waals surface area contributed by atoms with Gasteiger partial charge in [-0.25, -0.2) is 22.8 Å². The molecule has 1 N–H and O–H groups in total. The molecule has 0 aliphatic rings. The van der Waals surface area contributed by atoms with Crippen molar-refractivity contribution in [2.75, 3.05) is 7.11 Å². The Kier molecular flexibility index (Phi) is 4.59. The Balaban J connectivity index is 1.67. The third kappa shape index (κ3) is 3.61. The smallest absolute Gasteiger partial charge is 0.240 e. The molecule has 0 bridgehead atoms. The second-order valence-corrected chi connectivity index (χ2v) is 6.74. The first-order valence-electron chi connectivity index (χ1n) is 7.17. The van der Waals surface area contributed by atoms with Gasteiger partial charge in [0.15, 0.2) is 5.82 Å². The van der Waals surface area contributed by atoms with Crippen LogP contribution >= 0.6 is 0 Å². The lowest BCUT2D eigenvalue weighted by Crippen LogP contribution is -2.23. The minimum Gasteiger partial charge on any atom is -0.497 e. The van der Waals surface area contributed by atoms with Gasteiger partial charge >= 0.3 is 0 Å². The van der Waals surface area contributed by atoms with Gasteiger partial charge in [-0.05, 0) is 42.0 Å². The number of sulfonamides is 1. The Morgan fingerprint density at radius 2 is 1.96 bits per heavy atom. The number of ether oxygens (including phenoxy) is 1. The van der Waals surface area contributed by atoms with Crippen molar-refractivity contribution in [3.05, 3.63) is 66.6 Å². The lowest BCUT2D eigenvalue weighted by Gasteiger charge is -2.08. The van der Waals surface area contributed by atoms with E-state index in [1.54, 1.807) is 53.6 Å². The summed E-state index contributed by atoms with van der Waals surface area (Å²) in [6, 6.07) is 11.6. The molecule has 7 nitrogen and oxygen atoms in total. The Hall–Kier alpha value is -2.71. The zero-order chi connectivity index (χ0) is 17.0. The molecule has 1 aromatic carbocycles. The molecule has 0 aliphatic carbocycles. The summed E-state index contributed by atoms with van der Waals surface area (Å²) in [6.07, 6.45) is 5.07. The minimum atomic E-state index is -3.59. The number of hydrogen-bond donors (Lipinski definition) is 1. The van der Waals surface area contributed by atoms with Crippen LogP contribution < -0.4 is 9.46 Å². The monoisotopic (exact) mass is 344 g/mol. The van der Waals surface area contributed by atoms with Gasteiger partial charge in [0.2, 0.25) is 10.0 Å². The van der Waals surface area contributed by atoms with Crippen LogP contribution in [-0.2, 0) is 16.6 Å². The Morgan fingerprint density at radius 3 is 2.54 bits per heavy atom. The molecule has 0 saturated carbocycles. The maximum Gasteiger partial charge on any atom is 0.240 e. The highest BCUT2D eigenvalue weighted by Crippen LogP contribution is 2.15. The fourth-order valence-corrected chi connectivity index (χ4v) is 3.10. The first-order valence-corrected chi connectivity index (χ1v) is 8.65. The predicted molar refractivity (Wildman–Crippen MR) is 88.4 cm³/mol. The third-order valence-electron chi connectivity index (χ3n) is 3.38. The highest BCUT2D eigenvalue weighted by molar-refractivity contribution is 7.89. The van der Waals surface area contributed by atoms with Crippen LogP contribution in [0.25, 0.3) is 5.82 Å². The molecule has 0 spiro atoms.